The SMILES string of the molecule is O=Cc1cn(Cc2c(Cl)cccc2[N+](=O)[O-])nn1. The number of carbonyl (C=O) groups is 1. The number of nitro benzene ring substituents is 1. The van der Waals surface area contributed by atoms with Gasteiger partial charge in [-0.1, -0.05) is 22.9 Å². The Morgan fingerprint density at radius 2 is 2.28 bits per heavy atom. The first-order valence-corrected chi connectivity index (χ1v) is 5.26. The molecule has 1 aromatic carbocycles. The van der Waals surface area contributed by atoms with Crippen LogP contribution >= 0.6 is 11.6 Å². The van der Waals surface area contributed by atoms with Crippen molar-refractivity contribution in [3.8, 4) is 0 Å². The molecule has 7 nitrogen and oxygen atoms in total. The van der Waals surface area contributed by atoms with Crippen LogP contribution in [-0.2, 0) is 6.54 Å². The highest BCUT2D eigenvalue weighted by atomic mass is 35.5. The minimum absolute atomic E-state index is 0.0802. The summed E-state index contributed by atoms with van der Waals surface area (Å²) in [6, 6.07) is 4.42. The van der Waals surface area contributed by atoms with Crippen molar-refractivity contribution in [3.63, 3.8) is 0 Å². The third-order valence-corrected chi connectivity index (χ3v) is 2.64. The number of carbonyl (C=O) groups excluding carboxylic acids is 1. The van der Waals surface area contributed by atoms with Gasteiger partial charge in [-0.2, -0.15) is 0 Å². The van der Waals surface area contributed by atoms with E-state index in [-0.39, 0.29) is 22.9 Å². The number of aromatic nitrogens is 3. The van der Waals surface area contributed by atoms with Crippen LogP contribution < -0.4 is 0 Å². The van der Waals surface area contributed by atoms with Crippen LogP contribution in [-0.4, -0.2) is 26.2 Å². The molecule has 0 spiro atoms. The van der Waals surface area contributed by atoms with E-state index in [0.717, 1.165) is 0 Å². The van der Waals surface area contributed by atoms with E-state index >= 15 is 0 Å². The van der Waals surface area contributed by atoms with Gasteiger partial charge >= 0.3 is 0 Å². The first-order valence-electron chi connectivity index (χ1n) is 4.89. The van der Waals surface area contributed by atoms with Crippen molar-refractivity contribution in [2.24, 2.45) is 0 Å². The summed E-state index contributed by atoms with van der Waals surface area (Å²) < 4.78 is 1.32. The van der Waals surface area contributed by atoms with Crippen molar-refractivity contribution in [3.05, 3.63) is 50.8 Å². The van der Waals surface area contributed by atoms with Gasteiger partial charge in [0.15, 0.2) is 6.29 Å². The summed E-state index contributed by atoms with van der Waals surface area (Å²) in [5, 5.41) is 18.4. The lowest BCUT2D eigenvalue weighted by molar-refractivity contribution is -0.385. The second-order valence-corrected chi connectivity index (χ2v) is 3.86. The lowest BCUT2D eigenvalue weighted by Gasteiger charge is -2.04. The monoisotopic (exact) mass is 266 g/mol. The summed E-state index contributed by atoms with van der Waals surface area (Å²) in [5.74, 6) is 0. The highest BCUT2D eigenvalue weighted by molar-refractivity contribution is 6.31. The fraction of sp³-hybridized carbons (Fsp3) is 0.100. The summed E-state index contributed by atoms with van der Waals surface area (Å²) in [6.45, 7) is 0.0802. The maximum absolute atomic E-state index is 10.9. The van der Waals surface area contributed by atoms with E-state index in [1.54, 1.807) is 6.07 Å². The molecule has 0 unspecified atom stereocenters. The molecule has 0 atom stereocenters. The minimum atomic E-state index is -0.515. The topological polar surface area (TPSA) is 90.9 Å². The Bertz CT molecular complexity index is 611. The molecule has 0 saturated carbocycles. The zero-order valence-corrected chi connectivity index (χ0v) is 9.74. The van der Waals surface area contributed by atoms with Crippen molar-refractivity contribution in [1.82, 2.24) is 15.0 Å². The van der Waals surface area contributed by atoms with Gasteiger partial charge in [0.2, 0.25) is 0 Å². The Balaban J connectivity index is 2.38. The fourth-order valence-corrected chi connectivity index (χ4v) is 1.71. The molecule has 0 saturated heterocycles. The van der Waals surface area contributed by atoms with Crippen LogP contribution in [0.1, 0.15) is 16.1 Å². The predicted octanol–water partition coefficient (Wildman–Crippen LogP) is 1.70. The van der Waals surface area contributed by atoms with E-state index in [1.165, 1.54) is 23.0 Å². The van der Waals surface area contributed by atoms with E-state index in [1.807, 2.05) is 0 Å². The molecule has 18 heavy (non-hydrogen) atoms. The molecule has 92 valence electrons. The molecular formula is C10H7ClN4O3. The van der Waals surface area contributed by atoms with Crippen molar-refractivity contribution in [2.75, 3.05) is 0 Å². The summed E-state index contributed by atoms with van der Waals surface area (Å²) in [6.07, 6.45) is 1.94. The van der Waals surface area contributed by atoms with Crippen LogP contribution in [0.25, 0.3) is 0 Å². The lowest BCUT2D eigenvalue weighted by Crippen LogP contribution is -2.04. The second-order valence-electron chi connectivity index (χ2n) is 3.45. The minimum Gasteiger partial charge on any atom is -0.296 e. The number of nitrogens with zero attached hydrogens (tertiary/aromatic N) is 4. The van der Waals surface area contributed by atoms with Gasteiger partial charge in [-0.15, -0.1) is 5.10 Å². The van der Waals surface area contributed by atoms with Crippen LogP contribution in [0.15, 0.2) is 24.4 Å². The van der Waals surface area contributed by atoms with Crippen LogP contribution in [0.4, 0.5) is 5.69 Å². The van der Waals surface area contributed by atoms with Crippen LogP contribution in [0.5, 0.6) is 0 Å². The summed E-state index contributed by atoms with van der Waals surface area (Å²) in [4.78, 5) is 20.8. The van der Waals surface area contributed by atoms with Gasteiger partial charge in [0.05, 0.1) is 28.3 Å². The number of hydrogen-bond acceptors (Lipinski definition) is 5. The van der Waals surface area contributed by atoms with Gasteiger partial charge in [0.25, 0.3) is 5.69 Å². The largest absolute Gasteiger partial charge is 0.296 e. The Labute approximate surface area is 106 Å². The molecule has 0 bridgehead atoms. The van der Waals surface area contributed by atoms with E-state index in [4.69, 9.17) is 11.6 Å². The third-order valence-electron chi connectivity index (χ3n) is 2.29. The Hall–Kier alpha value is -2.28. The molecule has 0 aliphatic rings. The maximum atomic E-state index is 10.9. The molecule has 2 rings (SSSR count). The van der Waals surface area contributed by atoms with Crippen molar-refractivity contribution in [2.45, 2.75) is 6.54 Å². The quantitative estimate of drug-likeness (QED) is 0.477. The zero-order chi connectivity index (χ0) is 13.1. The molecular weight excluding hydrogens is 260 g/mol. The van der Waals surface area contributed by atoms with E-state index < -0.39 is 4.92 Å². The smallest absolute Gasteiger partial charge is 0.275 e. The molecule has 0 N–H and O–H groups in total. The number of halogens is 1. The first kappa shape index (κ1) is 12.2. The normalized spacial score (nSPS) is 10.3. The number of hydrogen-bond donors (Lipinski definition) is 0. The van der Waals surface area contributed by atoms with Gasteiger partial charge < -0.3 is 0 Å². The lowest BCUT2D eigenvalue weighted by atomic mass is 10.2. The molecule has 8 heteroatoms. The van der Waals surface area contributed by atoms with Crippen LogP contribution in [0.2, 0.25) is 5.02 Å². The molecule has 0 aliphatic heterocycles. The summed E-state index contributed by atoms with van der Waals surface area (Å²) in [7, 11) is 0. The Morgan fingerprint density at radius 3 is 2.89 bits per heavy atom. The predicted molar refractivity (Wildman–Crippen MR) is 62.6 cm³/mol. The number of aldehydes is 1. The van der Waals surface area contributed by atoms with Crippen molar-refractivity contribution >= 4 is 23.6 Å². The molecule has 1 heterocycles. The molecule has 2 aromatic rings. The fourth-order valence-electron chi connectivity index (χ4n) is 1.48. The van der Waals surface area contributed by atoms with Gasteiger partial charge in [0.1, 0.15) is 5.69 Å². The average molecular weight is 267 g/mol. The molecule has 0 amide bonds. The van der Waals surface area contributed by atoms with Crippen molar-refractivity contribution in [1.29, 1.82) is 0 Å². The Morgan fingerprint density at radius 1 is 1.50 bits per heavy atom. The van der Waals surface area contributed by atoms with Crippen LogP contribution in [0.3, 0.4) is 0 Å². The van der Waals surface area contributed by atoms with Gasteiger partial charge in [-0.25, -0.2) is 4.68 Å². The molecule has 0 aliphatic carbocycles. The standard InChI is InChI=1S/C10H7ClN4O3/c11-9-2-1-3-10(15(17)18)8(9)5-14-4-7(6-16)12-13-14/h1-4,6H,5H2. The second kappa shape index (κ2) is 4.92. The zero-order valence-electron chi connectivity index (χ0n) is 8.99. The van der Waals surface area contributed by atoms with Gasteiger partial charge in [0, 0.05) is 6.07 Å². The highest BCUT2D eigenvalue weighted by Gasteiger charge is 2.17. The number of benzene rings is 1. The third kappa shape index (κ3) is 2.35. The van der Waals surface area contributed by atoms with Gasteiger partial charge in [-0.05, 0) is 6.07 Å². The molecule has 0 radical (unpaired) electrons. The highest BCUT2D eigenvalue weighted by Crippen LogP contribution is 2.26. The number of nitro groups is 1. The Kier molecular flexibility index (Phi) is 3.33. The number of rotatable bonds is 4. The average Bonchev–Trinajstić information content (AvgIpc) is 2.79. The first-order chi connectivity index (χ1) is 8.61. The molecule has 0 fully saturated rings. The summed E-state index contributed by atoms with van der Waals surface area (Å²) in [5.41, 5.74) is 0.391. The van der Waals surface area contributed by atoms with Crippen molar-refractivity contribution < 1.29 is 9.72 Å². The van der Waals surface area contributed by atoms with E-state index in [9.17, 15) is 14.9 Å². The maximum Gasteiger partial charge on any atom is 0.275 e. The van der Waals surface area contributed by atoms with Gasteiger partial charge in [-0.3, -0.25) is 14.9 Å². The molecule has 1 aromatic heterocycles. The van der Waals surface area contributed by atoms with E-state index in [0.29, 0.717) is 11.8 Å². The van der Waals surface area contributed by atoms with E-state index in [2.05, 4.69) is 10.3 Å². The van der Waals surface area contributed by atoms with Crippen LogP contribution in [0, 0.1) is 10.1 Å². The summed E-state index contributed by atoms with van der Waals surface area (Å²) >= 11 is 5.93.